The number of rotatable bonds is 5. The van der Waals surface area contributed by atoms with Crippen LogP contribution < -0.4 is 10.7 Å². The Labute approximate surface area is 132 Å². The molecule has 1 saturated heterocycles. The standard InChI is InChI=1S/C17H27N3O2/c1-4-7-20-8-5-14(6-9-20)11-18-17(22)15-12-19(3)13(2)10-16(15)21/h10,12,14H,4-9,11H2,1-3H3,(H,18,22). The molecule has 1 N–H and O–H groups in total. The van der Waals surface area contributed by atoms with Gasteiger partial charge in [-0.2, -0.15) is 0 Å². The number of carbonyl (C=O) groups excluding carboxylic acids is 1. The lowest BCUT2D eigenvalue weighted by Crippen LogP contribution is -2.39. The Bertz CT molecular complexity index is 572. The molecule has 0 bridgehead atoms. The van der Waals surface area contributed by atoms with Gasteiger partial charge in [0, 0.05) is 31.5 Å². The van der Waals surface area contributed by atoms with Crippen LogP contribution in [0.25, 0.3) is 0 Å². The Morgan fingerprint density at radius 1 is 1.36 bits per heavy atom. The largest absolute Gasteiger partial charge is 0.354 e. The third kappa shape index (κ3) is 4.19. The monoisotopic (exact) mass is 305 g/mol. The van der Waals surface area contributed by atoms with Crippen LogP contribution in [-0.4, -0.2) is 41.6 Å². The van der Waals surface area contributed by atoms with Crippen molar-refractivity contribution in [2.24, 2.45) is 13.0 Å². The summed E-state index contributed by atoms with van der Waals surface area (Å²) in [5.74, 6) is 0.267. The van der Waals surface area contributed by atoms with E-state index in [1.165, 1.54) is 19.0 Å². The van der Waals surface area contributed by atoms with Crippen molar-refractivity contribution in [2.45, 2.75) is 33.1 Å². The fraction of sp³-hybridized carbons (Fsp3) is 0.647. The van der Waals surface area contributed by atoms with E-state index in [1.54, 1.807) is 10.8 Å². The lowest BCUT2D eigenvalue weighted by atomic mass is 9.96. The molecular weight excluding hydrogens is 278 g/mol. The fourth-order valence-electron chi connectivity index (χ4n) is 2.96. The molecule has 2 rings (SSSR count). The van der Waals surface area contributed by atoms with Crippen LogP contribution in [0, 0.1) is 12.8 Å². The summed E-state index contributed by atoms with van der Waals surface area (Å²) in [7, 11) is 1.84. The van der Waals surface area contributed by atoms with Crippen molar-refractivity contribution < 1.29 is 4.79 Å². The summed E-state index contributed by atoms with van der Waals surface area (Å²) in [6.07, 6.45) is 5.05. The number of piperidine rings is 1. The van der Waals surface area contributed by atoms with E-state index in [1.807, 2.05) is 14.0 Å². The van der Waals surface area contributed by atoms with Crippen LogP contribution in [0.1, 0.15) is 42.2 Å². The van der Waals surface area contributed by atoms with Crippen molar-refractivity contribution in [3.8, 4) is 0 Å². The average Bonchev–Trinajstić information content (AvgIpc) is 2.50. The van der Waals surface area contributed by atoms with Crippen molar-refractivity contribution in [3.63, 3.8) is 0 Å². The highest BCUT2D eigenvalue weighted by atomic mass is 16.2. The Morgan fingerprint density at radius 3 is 2.68 bits per heavy atom. The molecule has 0 spiro atoms. The third-order valence-electron chi connectivity index (χ3n) is 4.53. The lowest BCUT2D eigenvalue weighted by Gasteiger charge is -2.31. The molecule has 0 radical (unpaired) electrons. The molecule has 0 atom stereocenters. The molecule has 1 aromatic heterocycles. The Balaban J connectivity index is 1.86. The average molecular weight is 305 g/mol. The van der Waals surface area contributed by atoms with E-state index in [2.05, 4.69) is 17.1 Å². The van der Waals surface area contributed by atoms with E-state index in [-0.39, 0.29) is 16.9 Å². The zero-order chi connectivity index (χ0) is 16.1. The first-order valence-corrected chi connectivity index (χ1v) is 8.19. The van der Waals surface area contributed by atoms with Crippen molar-refractivity contribution in [1.82, 2.24) is 14.8 Å². The van der Waals surface area contributed by atoms with E-state index < -0.39 is 0 Å². The molecule has 1 aromatic rings. The van der Waals surface area contributed by atoms with Gasteiger partial charge < -0.3 is 14.8 Å². The lowest BCUT2D eigenvalue weighted by molar-refractivity contribution is 0.0934. The van der Waals surface area contributed by atoms with Crippen LogP contribution in [0.3, 0.4) is 0 Å². The third-order valence-corrected chi connectivity index (χ3v) is 4.53. The topological polar surface area (TPSA) is 54.3 Å². The van der Waals surface area contributed by atoms with Crippen molar-refractivity contribution in [1.29, 1.82) is 0 Å². The predicted octanol–water partition coefficient (Wildman–Crippen LogP) is 1.55. The number of aryl methyl sites for hydroxylation is 2. The molecule has 5 heteroatoms. The van der Waals surface area contributed by atoms with Gasteiger partial charge in [0.05, 0.1) is 0 Å². The van der Waals surface area contributed by atoms with Crippen LogP contribution >= 0.6 is 0 Å². The Kier molecular flexibility index (Phi) is 5.77. The number of carbonyl (C=O) groups is 1. The number of likely N-dealkylation sites (tertiary alicyclic amines) is 1. The van der Waals surface area contributed by atoms with Gasteiger partial charge in [-0.25, -0.2) is 0 Å². The van der Waals surface area contributed by atoms with Gasteiger partial charge in [0.25, 0.3) is 5.91 Å². The van der Waals surface area contributed by atoms with Gasteiger partial charge in [-0.15, -0.1) is 0 Å². The number of aromatic nitrogens is 1. The molecule has 22 heavy (non-hydrogen) atoms. The molecule has 1 amide bonds. The van der Waals surface area contributed by atoms with Gasteiger partial charge in [0.15, 0.2) is 5.43 Å². The first-order chi connectivity index (χ1) is 10.5. The molecule has 0 aromatic carbocycles. The minimum Gasteiger partial charge on any atom is -0.354 e. The Hall–Kier alpha value is -1.62. The van der Waals surface area contributed by atoms with E-state index in [4.69, 9.17) is 0 Å². The van der Waals surface area contributed by atoms with Gasteiger partial charge in [0.1, 0.15) is 5.56 Å². The highest BCUT2D eigenvalue weighted by molar-refractivity contribution is 5.93. The molecule has 122 valence electrons. The number of nitrogens with zero attached hydrogens (tertiary/aromatic N) is 2. The summed E-state index contributed by atoms with van der Waals surface area (Å²) in [4.78, 5) is 26.6. The van der Waals surface area contributed by atoms with Crippen LogP contribution in [0.2, 0.25) is 0 Å². The number of hydrogen-bond donors (Lipinski definition) is 1. The zero-order valence-corrected chi connectivity index (χ0v) is 13.9. The maximum atomic E-state index is 12.2. The second-order valence-corrected chi connectivity index (χ2v) is 6.30. The highest BCUT2D eigenvalue weighted by Gasteiger charge is 2.20. The molecule has 0 saturated carbocycles. The van der Waals surface area contributed by atoms with Crippen molar-refractivity contribution in [3.05, 3.63) is 33.7 Å². The van der Waals surface area contributed by atoms with Crippen molar-refractivity contribution in [2.75, 3.05) is 26.2 Å². The summed E-state index contributed by atoms with van der Waals surface area (Å²) in [6.45, 7) is 8.11. The van der Waals surface area contributed by atoms with Gasteiger partial charge in [-0.05, 0) is 51.7 Å². The number of pyridine rings is 1. The maximum Gasteiger partial charge on any atom is 0.256 e. The normalized spacial score (nSPS) is 16.7. The predicted molar refractivity (Wildman–Crippen MR) is 88.2 cm³/mol. The number of hydrogen-bond acceptors (Lipinski definition) is 3. The number of nitrogens with one attached hydrogen (secondary N) is 1. The summed E-state index contributed by atoms with van der Waals surface area (Å²) >= 11 is 0. The minimum atomic E-state index is -0.253. The minimum absolute atomic E-state index is 0.203. The van der Waals surface area contributed by atoms with E-state index in [9.17, 15) is 9.59 Å². The van der Waals surface area contributed by atoms with Crippen LogP contribution in [0.4, 0.5) is 0 Å². The van der Waals surface area contributed by atoms with E-state index in [0.717, 1.165) is 31.6 Å². The molecule has 2 heterocycles. The smallest absolute Gasteiger partial charge is 0.256 e. The molecule has 5 nitrogen and oxygen atoms in total. The highest BCUT2D eigenvalue weighted by Crippen LogP contribution is 2.16. The summed E-state index contributed by atoms with van der Waals surface area (Å²) in [5.41, 5.74) is 0.882. The second-order valence-electron chi connectivity index (χ2n) is 6.30. The van der Waals surface area contributed by atoms with Crippen molar-refractivity contribution >= 4 is 5.91 Å². The van der Waals surface area contributed by atoms with Gasteiger partial charge in [-0.1, -0.05) is 6.92 Å². The quantitative estimate of drug-likeness (QED) is 0.898. The van der Waals surface area contributed by atoms with Gasteiger partial charge in [-0.3, -0.25) is 9.59 Å². The SMILES string of the molecule is CCCN1CCC(CNC(=O)c2cn(C)c(C)cc2=O)CC1. The van der Waals surface area contributed by atoms with Gasteiger partial charge in [0.2, 0.25) is 0 Å². The first kappa shape index (κ1) is 16.7. The summed E-state index contributed by atoms with van der Waals surface area (Å²) in [6, 6.07) is 1.51. The Morgan fingerprint density at radius 2 is 2.05 bits per heavy atom. The fourth-order valence-corrected chi connectivity index (χ4v) is 2.96. The first-order valence-electron chi connectivity index (χ1n) is 8.19. The van der Waals surface area contributed by atoms with Crippen LogP contribution in [0.15, 0.2) is 17.1 Å². The second kappa shape index (κ2) is 7.58. The molecule has 0 unspecified atom stereocenters. The van der Waals surface area contributed by atoms with Gasteiger partial charge >= 0.3 is 0 Å². The van der Waals surface area contributed by atoms with E-state index in [0.29, 0.717) is 12.5 Å². The molecule has 0 aliphatic carbocycles. The van der Waals surface area contributed by atoms with E-state index >= 15 is 0 Å². The zero-order valence-electron chi connectivity index (χ0n) is 13.9. The number of amides is 1. The van der Waals surface area contributed by atoms with Crippen LogP contribution in [-0.2, 0) is 7.05 Å². The van der Waals surface area contributed by atoms with Crippen LogP contribution in [0.5, 0.6) is 0 Å². The molecule has 1 fully saturated rings. The maximum absolute atomic E-state index is 12.2. The molecule has 1 aliphatic heterocycles. The summed E-state index contributed by atoms with van der Waals surface area (Å²) in [5, 5.41) is 2.93. The summed E-state index contributed by atoms with van der Waals surface area (Å²) < 4.78 is 1.81. The molecular formula is C17H27N3O2. The molecule has 1 aliphatic rings.